The SMILES string of the molecule is CC(C)Cc1ccc(-c2nc(-c3ccc4c(c3)CCN(CCC(=O)O)C4)no2)cc1.O=C(O)C(F)(F)F. The van der Waals surface area contributed by atoms with Gasteiger partial charge in [-0.15, -0.1) is 0 Å². The second-order valence-electron chi connectivity index (χ2n) is 9.17. The van der Waals surface area contributed by atoms with Gasteiger partial charge in [0.15, 0.2) is 0 Å². The molecule has 0 radical (unpaired) electrons. The van der Waals surface area contributed by atoms with E-state index in [-0.39, 0.29) is 6.42 Å². The molecule has 1 aromatic heterocycles. The monoisotopic (exact) mass is 519 g/mol. The van der Waals surface area contributed by atoms with Gasteiger partial charge in [0.2, 0.25) is 5.82 Å². The summed E-state index contributed by atoms with van der Waals surface area (Å²) < 4.78 is 37.3. The van der Waals surface area contributed by atoms with Crippen molar-refractivity contribution in [1.29, 1.82) is 0 Å². The number of aliphatic carboxylic acids is 2. The number of hydrogen-bond acceptors (Lipinski definition) is 6. The fourth-order valence-corrected chi connectivity index (χ4v) is 3.91. The van der Waals surface area contributed by atoms with Crippen LogP contribution >= 0.6 is 0 Å². The lowest BCUT2D eigenvalue weighted by atomic mass is 9.97. The lowest BCUT2D eigenvalue weighted by molar-refractivity contribution is -0.192. The Balaban J connectivity index is 0.000000479. The molecule has 0 amide bonds. The highest BCUT2D eigenvalue weighted by molar-refractivity contribution is 5.73. The quantitative estimate of drug-likeness (QED) is 0.445. The first kappa shape index (κ1) is 27.9. The number of nitrogens with zero attached hydrogens (tertiary/aromatic N) is 3. The summed E-state index contributed by atoms with van der Waals surface area (Å²) in [6, 6.07) is 14.5. The highest BCUT2D eigenvalue weighted by Gasteiger charge is 2.38. The fraction of sp³-hybridized carbons (Fsp3) is 0.385. The van der Waals surface area contributed by atoms with Gasteiger partial charge in [0.1, 0.15) is 0 Å². The van der Waals surface area contributed by atoms with Crippen molar-refractivity contribution in [3.05, 3.63) is 59.2 Å². The Morgan fingerprint density at radius 2 is 1.70 bits per heavy atom. The zero-order valence-electron chi connectivity index (χ0n) is 20.5. The Bertz CT molecular complexity index is 1220. The molecule has 0 saturated carbocycles. The molecule has 2 heterocycles. The average molecular weight is 520 g/mol. The third-order valence-corrected chi connectivity index (χ3v) is 5.71. The first-order valence-electron chi connectivity index (χ1n) is 11.7. The standard InChI is InChI=1S/C24H27N3O3.C2HF3O2/c1-16(2)13-17-3-5-18(6-4-17)24-25-23(26-30-24)20-7-8-21-15-27(12-10-22(28)29)11-9-19(21)14-20;3-2(4,5)1(6)7/h3-8,14,16H,9-13,15H2,1-2H3,(H,28,29);(H,6,7). The number of rotatable bonds is 7. The van der Waals surface area contributed by atoms with Crippen LogP contribution in [-0.2, 0) is 29.0 Å². The fourth-order valence-electron chi connectivity index (χ4n) is 3.91. The number of aromatic nitrogens is 2. The molecule has 3 aromatic rings. The molecule has 1 aliphatic heterocycles. The van der Waals surface area contributed by atoms with Gasteiger partial charge in [-0.25, -0.2) is 4.79 Å². The summed E-state index contributed by atoms with van der Waals surface area (Å²) in [5.74, 6) is -1.77. The van der Waals surface area contributed by atoms with Crippen molar-refractivity contribution in [2.24, 2.45) is 5.92 Å². The minimum Gasteiger partial charge on any atom is -0.481 e. The Morgan fingerprint density at radius 3 is 2.30 bits per heavy atom. The van der Waals surface area contributed by atoms with Crippen molar-refractivity contribution in [3.8, 4) is 22.8 Å². The predicted octanol–water partition coefficient (Wildman–Crippen LogP) is 5.07. The molecule has 37 heavy (non-hydrogen) atoms. The minimum atomic E-state index is -5.08. The summed E-state index contributed by atoms with van der Waals surface area (Å²) in [6.07, 6.45) is -2.96. The third kappa shape index (κ3) is 8.14. The summed E-state index contributed by atoms with van der Waals surface area (Å²) in [5, 5.41) is 20.2. The van der Waals surface area contributed by atoms with E-state index in [0.717, 1.165) is 37.1 Å². The molecule has 1 aliphatic rings. The van der Waals surface area contributed by atoms with Crippen LogP contribution in [0.2, 0.25) is 0 Å². The zero-order valence-corrected chi connectivity index (χ0v) is 20.5. The molecule has 8 nitrogen and oxygen atoms in total. The van der Waals surface area contributed by atoms with Gasteiger partial charge in [-0.05, 0) is 53.6 Å². The second-order valence-corrected chi connectivity index (χ2v) is 9.17. The molecule has 0 fully saturated rings. The molecule has 0 aliphatic carbocycles. The number of fused-ring (bicyclic) bond motifs is 1. The van der Waals surface area contributed by atoms with Gasteiger partial charge >= 0.3 is 18.1 Å². The molecule has 0 saturated heterocycles. The maximum atomic E-state index is 10.8. The summed E-state index contributed by atoms with van der Waals surface area (Å²) >= 11 is 0. The molecular formula is C26H28F3N3O5. The molecule has 2 N–H and O–H groups in total. The lowest BCUT2D eigenvalue weighted by Crippen LogP contribution is -2.32. The van der Waals surface area contributed by atoms with E-state index in [1.165, 1.54) is 16.7 Å². The Morgan fingerprint density at radius 1 is 1.05 bits per heavy atom. The molecule has 0 spiro atoms. The molecule has 198 valence electrons. The van der Waals surface area contributed by atoms with Crippen LogP contribution in [0.5, 0.6) is 0 Å². The first-order valence-corrected chi connectivity index (χ1v) is 11.7. The van der Waals surface area contributed by atoms with E-state index in [4.69, 9.17) is 19.5 Å². The molecule has 2 aromatic carbocycles. The van der Waals surface area contributed by atoms with Crippen LogP contribution in [0.1, 0.15) is 37.0 Å². The molecule has 11 heteroatoms. The largest absolute Gasteiger partial charge is 0.490 e. The number of alkyl halides is 3. The van der Waals surface area contributed by atoms with E-state index in [0.29, 0.717) is 24.2 Å². The lowest BCUT2D eigenvalue weighted by Gasteiger charge is -2.28. The van der Waals surface area contributed by atoms with Crippen molar-refractivity contribution in [1.82, 2.24) is 15.0 Å². The van der Waals surface area contributed by atoms with Crippen LogP contribution in [0, 0.1) is 5.92 Å². The maximum Gasteiger partial charge on any atom is 0.490 e. The van der Waals surface area contributed by atoms with E-state index in [1.807, 2.05) is 18.2 Å². The third-order valence-electron chi connectivity index (χ3n) is 5.71. The van der Waals surface area contributed by atoms with Crippen molar-refractivity contribution in [2.45, 2.75) is 45.8 Å². The van der Waals surface area contributed by atoms with Crippen LogP contribution in [-0.4, -0.2) is 56.5 Å². The van der Waals surface area contributed by atoms with Crippen LogP contribution in [0.3, 0.4) is 0 Å². The van der Waals surface area contributed by atoms with E-state index in [9.17, 15) is 18.0 Å². The average Bonchev–Trinajstić information content (AvgIpc) is 3.32. The topological polar surface area (TPSA) is 117 Å². The van der Waals surface area contributed by atoms with Gasteiger partial charge in [0, 0.05) is 30.8 Å². The van der Waals surface area contributed by atoms with Crippen molar-refractivity contribution < 1.29 is 37.5 Å². The van der Waals surface area contributed by atoms with E-state index in [2.05, 4.69) is 53.2 Å². The van der Waals surface area contributed by atoms with Gasteiger partial charge < -0.3 is 14.7 Å². The van der Waals surface area contributed by atoms with Crippen molar-refractivity contribution in [3.63, 3.8) is 0 Å². The number of hydrogen-bond donors (Lipinski definition) is 2. The van der Waals surface area contributed by atoms with E-state index < -0.39 is 18.1 Å². The second kappa shape index (κ2) is 12.0. The smallest absolute Gasteiger partial charge is 0.481 e. The Kier molecular flexibility index (Phi) is 9.04. The van der Waals surface area contributed by atoms with E-state index in [1.54, 1.807) is 0 Å². The van der Waals surface area contributed by atoms with Crippen LogP contribution in [0.4, 0.5) is 13.2 Å². The molecule has 0 unspecified atom stereocenters. The van der Waals surface area contributed by atoms with Crippen molar-refractivity contribution in [2.75, 3.05) is 13.1 Å². The van der Waals surface area contributed by atoms with E-state index >= 15 is 0 Å². The van der Waals surface area contributed by atoms with Gasteiger partial charge in [0.05, 0.1) is 6.42 Å². The zero-order chi connectivity index (χ0) is 27.2. The molecular weight excluding hydrogens is 491 g/mol. The Labute approximate surface area is 211 Å². The van der Waals surface area contributed by atoms with Crippen LogP contribution in [0.15, 0.2) is 47.0 Å². The minimum absolute atomic E-state index is 0.178. The highest BCUT2D eigenvalue weighted by atomic mass is 19.4. The number of halogens is 3. The summed E-state index contributed by atoms with van der Waals surface area (Å²) in [6.45, 7) is 6.66. The summed E-state index contributed by atoms with van der Waals surface area (Å²) in [4.78, 5) is 26.5. The maximum absolute atomic E-state index is 10.8. The normalized spacial score (nSPS) is 13.6. The van der Waals surface area contributed by atoms with Gasteiger partial charge in [-0.2, -0.15) is 18.2 Å². The summed E-state index contributed by atoms with van der Waals surface area (Å²) in [5.41, 5.74) is 5.68. The number of carboxylic acids is 2. The first-order chi connectivity index (χ1) is 17.4. The molecule has 0 atom stereocenters. The predicted molar refractivity (Wildman–Crippen MR) is 129 cm³/mol. The molecule has 4 rings (SSSR count). The van der Waals surface area contributed by atoms with Crippen LogP contribution < -0.4 is 0 Å². The molecule has 0 bridgehead atoms. The van der Waals surface area contributed by atoms with Gasteiger partial charge in [-0.1, -0.05) is 43.3 Å². The Hall–Kier alpha value is -3.73. The summed E-state index contributed by atoms with van der Waals surface area (Å²) in [7, 11) is 0. The van der Waals surface area contributed by atoms with Gasteiger partial charge in [-0.3, -0.25) is 9.69 Å². The number of carbonyl (C=O) groups is 2. The van der Waals surface area contributed by atoms with Crippen LogP contribution in [0.25, 0.3) is 22.8 Å². The van der Waals surface area contributed by atoms with Crippen molar-refractivity contribution >= 4 is 11.9 Å². The number of carboxylic acid groups (broad SMARTS) is 2. The number of benzene rings is 2. The van der Waals surface area contributed by atoms with Gasteiger partial charge in [0.25, 0.3) is 5.89 Å². The highest BCUT2D eigenvalue weighted by Crippen LogP contribution is 2.27.